The summed E-state index contributed by atoms with van der Waals surface area (Å²) in [5.41, 5.74) is 23.3. The molecule has 4 bridgehead atoms. The number of rotatable bonds is 5. The van der Waals surface area contributed by atoms with Gasteiger partial charge in [0.1, 0.15) is 0 Å². The van der Waals surface area contributed by atoms with Crippen molar-refractivity contribution in [3.8, 4) is 11.1 Å². The molecule has 6 unspecified atom stereocenters. The molecule has 6 aliphatic rings. The molecule has 6 atom stereocenters. The predicted molar refractivity (Wildman–Crippen MR) is 283 cm³/mol. The van der Waals surface area contributed by atoms with Gasteiger partial charge in [0.05, 0.1) is 5.69 Å². The van der Waals surface area contributed by atoms with Gasteiger partial charge in [-0.2, -0.15) is 0 Å². The van der Waals surface area contributed by atoms with Gasteiger partial charge in [-0.3, -0.25) is 0 Å². The Morgan fingerprint density at radius 3 is 1.52 bits per heavy atom. The first kappa shape index (κ1) is 42.3. The number of anilines is 6. The molecule has 336 valence electrons. The van der Waals surface area contributed by atoms with Crippen LogP contribution in [0.4, 0.5) is 34.1 Å². The van der Waals surface area contributed by atoms with E-state index < -0.39 is 0 Å². The first-order valence-corrected chi connectivity index (χ1v) is 25.9. The monoisotopic (exact) mass is 867 g/mol. The summed E-state index contributed by atoms with van der Waals surface area (Å²) in [4.78, 5) is 5.34. The average molecular weight is 867 g/mol. The van der Waals surface area contributed by atoms with Gasteiger partial charge in [0.15, 0.2) is 0 Å². The fraction of sp³-hybridized carbons (Fsp3) is 0.429. The molecule has 2 nitrogen and oxygen atoms in total. The second-order valence-electron chi connectivity index (χ2n) is 25.1. The molecule has 0 N–H and O–H groups in total. The summed E-state index contributed by atoms with van der Waals surface area (Å²) in [6, 6.07) is 47.1. The Hall–Kier alpha value is -5.02. The number of benzene rings is 6. The van der Waals surface area contributed by atoms with E-state index in [1.807, 2.05) is 0 Å². The van der Waals surface area contributed by atoms with Crippen molar-refractivity contribution < 1.29 is 0 Å². The molecule has 66 heavy (non-hydrogen) atoms. The van der Waals surface area contributed by atoms with E-state index in [4.69, 9.17) is 0 Å². The van der Waals surface area contributed by atoms with Crippen LogP contribution in [0.25, 0.3) is 11.1 Å². The van der Waals surface area contributed by atoms with Crippen LogP contribution >= 0.6 is 0 Å². The fourth-order valence-electron chi connectivity index (χ4n) is 14.2. The Balaban J connectivity index is 1.10. The van der Waals surface area contributed by atoms with E-state index in [9.17, 15) is 0 Å². The molecule has 4 aliphatic carbocycles. The van der Waals surface area contributed by atoms with Crippen LogP contribution in [0.5, 0.6) is 0 Å². The number of hydrogen-bond donors (Lipinski definition) is 0. The summed E-state index contributed by atoms with van der Waals surface area (Å²) in [6.07, 6.45) is 11.3. The minimum atomic E-state index is -0.000409. The molecule has 2 aliphatic heterocycles. The highest BCUT2D eigenvalue weighted by atomic mass is 15.2. The van der Waals surface area contributed by atoms with Crippen LogP contribution in [0.15, 0.2) is 115 Å². The van der Waals surface area contributed by atoms with Crippen LogP contribution in [0.2, 0.25) is 0 Å². The summed E-state index contributed by atoms with van der Waals surface area (Å²) >= 11 is 0. The lowest BCUT2D eigenvalue weighted by molar-refractivity contribution is 0.420. The van der Waals surface area contributed by atoms with E-state index in [2.05, 4.69) is 194 Å². The van der Waals surface area contributed by atoms with E-state index in [0.717, 1.165) is 29.6 Å². The van der Waals surface area contributed by atoms with Crippen molar-refractivity contribution in [2.45, 2.75) is 149 Å². The molecule has 4 saturated carbocycles. The highest BCUT2D eigenvalue weighted by Gasteiger charge is 2.46. The normalized spacial score (nSPS) is 23.9. The molecule has 0 amide bonds. The van der Waals surface area contributed by atoms with E-state index in [1.165, 1.54) is 135 Å². The van der Waals surface area contributed by atoms with Gasteiger partial charge in [0.2, 0.25) is 0 Å². The average Bonchev–Trinajstić information content (AvgIpc) is 4.12. The Morgan fingerprint density at radius 2 is 0.939 bits per heavy atom. The SMILES string of the molecule is Cc1cc2c3c(c1)N(c1ccc(C(C)(C)C)cc1-c1ccc(C(C)(C)C)cc1)c1ccc(C(C)(C)C)cc1B3c1cc(C3CC4CCC3C4)ccc1N2c1ccc(C2CC3CCC2C3)cc1. The molecule has 6 aromatic rings. The second kappa shape index (κ2) is 15.0. The minimum absolute atomic E-state index is 0.000409. The molecule has 0 radical (unpaired) electrons. The van der Waals surface area contributed by atoms with Gasteiger partial charge in [-0.25, -0.2) is 0 Å². The summed E-state index contributed by atoms with van der Waals surface area (Å²) in [6.45, 7) is 23.6. The van der Waals surface area contributed by atoms with Crippen LogP contribution in [-0.2, 0) is 16.2 Å². The lowest BCUT2D eigenvalue weighted by Gasteiger charge is -2.45. The van der Waals surface area contributed by atoms with Crippen molar-refractivity contribution in [3.05, 3.63) is 149 Å². The number of aryl methyl sites for hydroxylation is 1. The van der Waals surface area contributed by atoms with Crippen molar-refractivity contribution in [3.63, 3.8) is 0 Å². The Kier molecular flexibility index (Phi) is 9.62. The number of fused-ring (bicyclic) bond motifs is 8. The summed E-state index contributed by atoms with van der Waals surface area (Å²) < 4.78 is 0. The molecule has 6 aromatic carbocycles. The maximum absolute atomic E-state index is 2.71. The Morgan fingerprint density at radius 1 is 0.439 bits per heavy atom. The molecule has 3 heteroatoms. The lowest BCUT2D eigenvalue weighted by Crippen LogP contribution is -2.61. The van der Waals surface area contributed by atoms with Crippen molar-refractivity contribution >= 4 is 57.2 Å². The maximum Gasteiger partial charge on any atom is 0.252 e. The fourth-order valence-corrected chi connectivity index (χ4v) is 14.2. The molecular weight excluding hydrogens is 796 g/mol. The third-order valence-corrected chi connectivity index (χ3v) is 17.7. The van der Waals surface area contributed by atoms with Crippen molar-refractivity contribution in [2.24, 2.45) is 23.7 Å². The lowest BCUT2D eigenvalue weighted by atomic mass is 9.33. The molecule has 0 aromatic heterocycles. The Bertz CT molecular complexity index is 2880. The van der Waals surface area contributed by atoms with E-state index in [0.29, 0.717) is 5.92 Å². The van der Waals surface area contributed by atoms with Crippen LogP contribution in [0.3, 0.4) is 0 Å². The summed E-state index contributed by atoms with van der Waals surface area (Å²) in [7, 11) is 0. The van der Waals surface area contributed by atoms with Crippen LogP contribution in [-0.4, -0.2) is 6.71 Å². The quantitative estimate of drug-likeness (QED) is 0.159. The van der Waals surface area contributed by atoms with E-state index in [1.54, 1.807) is 11.1 Å². The zero-order valence-electron chi connectivity index (χ0n) is 41.6. The molecule has 12 rings (SSSR count). The Labute approximate surface area is 397 Å². The first-order chi connectivity index (χ1) is 31.5. The molecular formula is C63H71BN2. The van der Waals surface area contributed by atoms with Gasteiger partial charge >= 0.3 is 0 Å². The van der Waals surface area contributed by atoms with Gasteiger partial charge in [-0.15, -0.1) is 0 Å². The van der Waals surface area contributed by atoms with Gasteiger partial charge in [-0.05, 0) is 201 Å². The molecule has 0 spiro atoms. The second-order valence-corrected chi connectivity index (χ2v) is 25.1. The summed E-state index contributed by atoms with van der Waals surface area (Å²) in [5.74, 6) is 4.91. The van der Waals surface area contributed by atoms with Crippen molar-refractivity contribution in [1.29, 1.82) is 0 Å². The molecule has 4 fully saturated rings. The molecule has 2 heterocycles. The maximum atomic E-state index is 2.71. The van der Waals surface area contributed by atoms with Crippen LogP contribution in [0.1, 0.15) is 159 Å². The van der Waals surface area contributed by atoms with Gasteiger partial charge < -0.3 is 9.80 Å². The molecule has 0 saturated heterocycles. The minimum Gasteiger partial charge on any atom is -0.311 e. The van der Waals surface area contributed by atoms with E-state index >= 15 is 0 Å². The topological polar surface area (TPSA) is 6.48 Å². The third kappa shape index (κ3) is 6.86. The van der Waals surface area contributed by atoms with E-state index in [-0.39, 0.29) is 23.0 Å². The zero-order chi connectivity index (χ0) is 45.6. The standard InChI is InChI=1S/C63H71BN2/c1-38-29-58-60-59(30-38)66(55-27-22-47(62(5,6)7)36-52(55)42-15-20-46(21-16-42)61(2,3)4)57-28-23-48(63(8,9)10)37-54(57)64(60)53-35-45(51-34-40-12-14-44(51)32-40)19-26-56(53)65(58)49-24-17-41(18-25-49)50-33-39-11-13-43(50)31-39/h15-30,35-37,39-40,43-44,50-51H,11-14,31-34H2,1-10H3. The van der Waals surface area contributed by atoms with Gasteiger partial charge in [-0.1, -0.05) is 142 Å². The zero-order valence-corrected chi connectivity index (χ0v) is 41.6. The summed E-state index contributed by atoms with van der Waals surface area (Å²) in [5, 5.41) is 0. The number of hydrogen-bond acceptors (Lipinski definition) is 2. The smallest absolute Gasteiger partial charge is 0.252 e. The predicted octanol–water partition coefficient (Wildman–Crippen LogP) is 15.4. The number of nitrogens with zero attached hydrogens (tertiary/aromatic N) is 2. The van der Waals surface area contributed by atoms with Crippen molar-refractivity contribution in [2.75, 3.05) is 9.80 Å². The highest BCUT2D eigenvalue weighted by molar-refractivity contribution is 7.00. The first-order valence-electron chi connectivity index (χ1n) is 25.9. The van der Waals surface area contributed by atoms with Gasteiger partial charge in [0.25, 0.3) is 6.71 Å². The highest BCUT2D eigenvalue weighted by Crippen LogP contribution is 2.55. The van der Waals surface area contributed by atoms with Gasteiger partial charge in [0, 0.05) is 34.0 Å². The third-order valence-electron chi connectivity index (χ3n) is 17.7. The van der Waals surface area contributed by atoms with Crippen LogP contribution < -0.4 is 26.2 Å². The van der Waals surface area contributed by atoms with Crippen molar-refractivity contribution in [1.82, 2.24) is 0 Å². The van der Waals surface area contributed by atoms with Crippen LogP contribution in [0, 0.1) is 30.6 Å². The largest absolute Gasteiger partial charge is 0.311 e.